The van der Waals surface area contributed by atoms with Gasteiger partial charge in [-0.1, -0.05) is 50.4 Å². The van der Waals surface area contributed by atoms with Crippen LogP contribution in [-0.4, -0.2) is 46.8 Å². The van der Waals surface area contributed by atoms with E-state index in [0.29, 0.717) is 21.8 Å². The first-order valence-electron chi connectivity index (χ1n) is 9.92. The van der Waals surface area contributed by atoms with Gasteiger partial charge in [-0.05, 0) is 49.6 Å². The second kappa shape index (κ2) is 6.86. The molecule has 3 heterocycles. The maximum Gasteiger partial charge on any atom is 0.335 e. The third-order valence-electron chi connectivity index (χ3n) is 7.60. The first-order chi connectivity index (χ1) is 13.8. The first-order valence-corrected chi connectivity index (χ1v) is 12.5. The minimum Gasteiger partial charge on any atom is -0.466 e. The molecule has 0 aromatic heterocycles. The van der Waals surface area contributed by atoms with Gasteiger partial charge in [-0.15, -0.1) is 0 Å². The lowest BCUT2D eigenvalue weighted by atomic mass is 9.53. The number of rotatable bonds is 2. The van der Waals surface area contributed by atoms with Crippen LogP contribution in [-0.2, 0) is 14.9 Å². The van der Waals surface area contributed by atoms with E-state index in [9.17, 15) is 4.79 Å². The second-order valence-electron chi connectivity index (χ2n) is 8.56. The molecule has 8 heteroatoms. The average Bonchev–Trinajstić information content (AvgIpc) is 3.21. The van der Waals surface area contributed by atoms with Crippen molar-refractivity contribution in [3.05, 3.63) is 40.1 Å². The molecule has 156 valence electrons. The summed E-state index contributed by atoms with van der Waals surface area (Å²) in [6.07, 6.45) is 2.49. The van der Waals surface area contributed by atoms with E-state index >= 15 is 0 Å². The van der Waals surface area contributed by atoms with Crippen LogP contribution in [0.25, 0.3) is 0 Å². The number of alkyl halides is 2. The van der Waals surface area contributed by atoms with Crippen molar-refractivity contribution in [2.24, 2.45) is 5.41 Å². The van der Waals surface area contributed by atoms with Gasteiger partial charge in [0, 0.05) is 44.5 Å². The highest BCUT2D eigenvalue weighted by Crippen LogP contribution is 2.68. The van der Waals surface area contributed by atoms with E-state index in [2.05, 4.69) is 43.7 Å². The molecule has 2 saturated heterocycles. The van der Waals surface area contributed by atoms with Crippen molar-refractivity contribution >= 4 is 66.9 Å². The third kappa shape index (κ3) is 2.44. The zero-order valence-corrected chi connectivity index (χ0v) is 20.9. The molecule has 4 nitrogen and oxygen atoms in total. The average molecular weight is 565 g/mol. The molecular formula is C21H22Br2Cl2N2O2. The largest absolute Gasteiger partial charge is 0.466 e. The molecule has 5 atom stereocenters. The fraction of sp³-hybridized carbons (Fsp3) is 0.571. The quantitative estimate of drug-likeness (QED) is 0.274. The number of carbonyl (C=O) groups excluding carboxylic acids is 1. The molecule has 0 amide bonds. The number of nitrogens with zero attached hydrogens (tertiary/aromatic N) is 2. The van der Waals surface area contributed by atoms with Crippen LogP contribution < -0.4 is 4.42 Å². The van der Waals surface area contributed by atoms with Crippen molar-refractivity contribution in [1.29, 1.82) is 0 Å². The Kier molecular flexibility index (Phi) is 4.88. The van der Waals surface area contributed by atoms with E-state index in [1.807, 2.05) is 18.2 Å². The van der Waals surface area contributed by atoms with Gasteiger partial charge in [0.15, 0.2) is 0 Å². The summed E-state index contributed by atoms with van der Waals surface area (Å²) in [5.41, 5.74) is 3.16. The van der Waals surface area contributed by atoms with Gasteiger partial charge in [-0.25, -0.2) is 4.79 Å². The molecule has 4 aliphatic rings. The van der Waals surface area contributed by atoms with Gasteiger partial charge in [0.1, 0.15) is 0 Å². The molecule has 5 rings (SSSR count). The van der Waals surface area contributed by atoms with Crippen molar-refractivity contribution in [3.63, 3.8) is 0 Å². The number of hydrogen-bond acceptors (Lipinski definition) is 4. The third-order valence-corrected chi connectivity index (χ3v) is 11.3. The number of ether oxygens (including phenoxy) is 1. The molecular weight excluding hydrogens is 543 g/mol. The van der Waals surface area contributed by atoms with E-state index in [-0.39, 0.29) is 27.7 Å². The van der Waals surface area contributed by atoms with E-state index in [1.54, 1.807) is 4.42 Å². The Balaban J connectivity index is 1.87. The van der Waals surface area contributed by atoms with E-state index in [1.165, 1.54) is 7.11 Å². The second-order valence-corrected chi connectivity index (χ2v) is 11.5. The predicted molar refractivity (Wildman–Crippen MR) is 123 cm³/mol. The van der Waals surface area contributed by atoms with Gasteiger partial charge in [0.05, 0.1) is 29.5 Å². The first kappa shape index (κ1) is 20.6. The molecule has 3 aliphatic heterocycles. The summed E-state index contributed by atoms with van der Waals surface area (Å²) in [7, 11) is 1.45. The van der Waals surface area contributed by atoms with Gasteiger partial charge >= 0.3 is 5.97 Å². The van der Waals surface area contributed by atoms with Crippen molar-refractivity contribution in [2.45, 2.75) is 47.3 Å². The molecule has 0 unspecified atom stereocenters. The Morgan fingerprint density at radius 3 is 2.83 bits per heavy atom. The minimum absolute atomic E-state index is 0.127. The summed E-state index contributed by atoms with van der Waals surface area (Å²) in [6, 6.07) is 6.12. The Hall–Kier alpha value is -0.270. The van der Waals surface area contributed by atoms with E-state index < -0.39 is 0 Å². The number of benzene rings is 1. The van der Waals surface area contributed by atoms with Crippen LogP contribution in [0.2, 0.25) is 5.02 Å². The lowest BCUT2D eigenvalue weighted by Crippen LogP contribution is -2.66. The molecule has 29 heavy (non-hydrogen) atoms. The van der Waals surface area contributed by atoms with Crippen molar-refractivity contribution < 1.29 is 9.53 Å². The maximum atomic E-state index is 13.0. The molecule has 0 radical (unpaired) electrons. The number of piperidine rings is 1. The smallest absolute Gasteiger partial charge is 0.335 e. The summed E-state index contributed by atoms with van der Waals surface area (Å²) in [5, 5.41) is 0.694. The highest BCUT2D eigenvalue weighted by molar-refractivity contribution is 9.12. The van der Waals surface area contributed by atoms with E-state index in [0.717, 1.165) is 42.9 Å². The molecule has 1 aromatic rings. The number of fused-ring (bicyclic) bond motifs is 1. The Morgan fingerprint density at radius 2 is 2.14 bits per heavy atom. The zero-order chi connectivity index (χ0) is 20.7. The van der Waals surface area contributed by atoms with Gasteiger partial charge in [0.2, 0.25) is 0 Å². The number of esters is 1. The van der Waals surface area contributed by atoms with Crippen LogP contribution in [0.15, 0.2) is 29.5 Å². The normalized spacial score (nSPS) is 38.0. The number of methoxy groups -OCH3 is 1. The molecule has 0 saturated carbocycles. The fourth-order valence-corrected chi connectivity index (χ4v) is 8.94. The molecule has 0 N–H and O–H groups in total. The van der Waals surface area contributed by atoms with Crippen LogP contribution in [0.1, 0.15) is 31.7 Å². The van der Waals surface area contributed by atoms with Crippen molar-refractivity contribution in [2.75, 3.05) is 24.6 Å². The monoisotopic (exact) mass is 562 g/mol. The summed E-state index contributed by atoms with van der Waals surface area (Å²) in [6.45, 7) is 4.15. The van der Waals surface area contributed by atoms with Crippen molar-refractivity contribution in [1.82, 2.24) is 4.90 Å². The minimum atomic E-state index is -0.362. The summed E-state index contributed by atoms with van der Waals surface area (Å²) in [4.78, 5) is 16.2. The standard InChI is InChI=1S/C21H22Br2Cl2N2O2/c1-3-20-9-12(18(28)29-2)17-21(13-8-11(24)4-5-15(13)27(17)25)6-7-26(19(20)21)10-14(22)16(20)23/h4-5,8,14,16,19H,3,6-7,9-10H2,1-2H3/t14-,16+,19-,20+,21-/m0/s1. The fourth-order valence-electron chi connectivity index (χ4n) is 6.57. The molecule has 0 bridgehead atoms. The highest BCUT2D eigenvalue weighted by atomic mass is 79.9. The highest BCUT2D eigenvalue weighted by Gasteiger charge is 2.70. The summed E-state index contributed by atoms with van der Waals surface area (Å²) < 4.78 is 6.95. The van der Waals surface area contributed by atoms with Gasteiger partial charge in [-0.2, -0.15) is 0 Å². The zero-order valence-electron chi connectivity index (χ0n) is 16.2. The van der Waals surface area contributed by atoms with Gasteiger partial charge < -0.3 is 4.74 Å². The lowest BCUT2D eigenvalue weighted by molar-refractivity contribution is -0.137. The van der Waals surface area contributed by atoms with Gasteiger partial charge in [-0.3, -0.25) is 9.32 Å². The van der Waals surface area contributed by atoms with Crippen LogP contribution in [0.4, 0.5) is 5.69 Å². The van der Waals surface area contributed by atoms with Crippen LogP contribution in [0.3, 0.4) is 0 Å². The number of hydrogen-bond donors (Lipinski definition) is 0. The number of halogens is 4. The molecule has 1 aliphatic carbocycles. The van der Waals surface area contributed by atoms with Crippen molar-refractivity contribution in [3.8, 4) is 0 Å². The molecule has 1 spiro atoms. The maximum absolute atomic E-state index is 13.0. The number of carbonyl (C=O) groups is 1. The molecule has 1 aromatic carbocycles. The Bertz CT molecular complexity index is 941. The van der Waals surface area contributed by atoms with Crippen LogP contribution in [0, 0.1) is 5.41 Å². The Labute approximate surface area is 197 Å². The summed E-state index contributed by atoms with van der Waals surface area (Å²) >= 11 is 21.3. The Morgan fingerprint density at radius 1 is 1.38 bits per heavy atom. The molecule has 2 fully saturated rings. The van der Waals surface area contributed by atoms with E-state index in [4.69, 9.17) is 28.1 Å². The lowest BCUT2D eigenvalue weighted by Gasteiger charge is -2.59. The number of anilines is 1. The summed E-state index contributed by atoms with van der Waals surface area (Å²) in [5.74, 6) is -0.287. The van der Waals surface area contributed by atoms with Crippen LogP contribution >= 0.6 is 55.2 Å². The van der Waals surface area contributed by atoms with Crippen LogP contribution in [0.5, 0.6) is 0 Å². The topological polar surface area (TPSA) is 32.8 Å². The predicted octanol–water partition coefficient (Wildman–Crippen LogP) is 5.39. The SMILES string of the molecule is CC[C@@]12CC(C(=O)OC)=C3N(Cl)c4ccc(Cl)cc4[C@@]34CCN(C[C@H](Br)[C@H]1Br)[C@@H]24. The van der Waals surface area contributed by atoms with Gasteiger partial charge in [0.25, 0.3) is 0 Å².